The third-order valence-corrected chi connectivity index (χ3v) is 2.72. The summed E-state index contributed by atoms with van der Waals surface area (Å²) in [7, 11) is 0. The van der Waals surface area contributed by atoms with Gasteiger partial charge in [0.1, 0.15) is 24.7 Å². The lowest BCUT2D eigenvalue weighted by molar-refractivity contribution is -0.121. The number of amides is 1. The minimum Gasteiger partial charge on any atom is -0.492 e. The van der Waals surface area contributed by atoms with Crippen molar-refractivity contribution < 1.29 is 13.9 Å². The van der Waals surface area contributed by atoms with Crippen LogP contribution in [0.4, 0.5) is 4.39 Å². The number of rotatable bonds is 6. The van der Waals surface area contributed by atoms with E-state index in [1.165, 1.54) is 30.5 Å². The molecule has 0 spiro atoms. The van der Waals surface area contributed by atoms with E-state index < -0.39 is 17.2 Å². The van der Waals surface area contributed by atoms with Crippen LogP contribution in [-0.4, -0.2) is 28.6 Å². The predicted molar refractivity (Wildman–Crippen MR) is 76.2 cm³/mol. The second kappa shape index (κ2) is 7.21. The number of ether oxygens (including phenoxy) is 1. The maximum atomic E-state index is 12.7. The number of hydrogen-bond acceptors (Lipinski definition) is 4. The van der Waals surface area contributed by atoms with Crippen LogP contribution >= 0.6 is 0 Å². The van der Waals surface area contributed by atoms with E-state index in [9.17, 15) is 18.8 Å². The summed E-state index contributed by atoms with van der Waals surface area (Å²) in [6.07, 6.45) is 1.25. The third-order valence-electron chi connectivity index (χ3n) is 2.72. The summed E-state index contributed by atoms with van der Waals surface area (Å²) in [5, 5.41) is 2.56. The van der Waals surface area contributed by atoms with Gasteiger partial charge in [-0.1, -0.05) is 0 Å². The van der Waals surface area contributed by atoms with Crippen molar-refractivity contribution in [2.24, 2.45) is 0 Å². The van der Waals surface area contributed by atoms with Crippen LogP contribution in [0.15, 0.2) is 46.1 Å². The Bertz CT molecular complexity index is 752. The molecule has 2 aromatic rings. The lowest BCUT2D eigenvalue weighted by atomic mass is 10.3. The molecule has 2 N–H and O–H groups in total. The molecule has 0 fully saturated rings. The van der Waals surface area contributed by atoms with Crippen molar-refractivity contribution in [1.82, 2.24) is 14.9 Å². The monoisotopic (exact) mass is 307 g/mol. The molecule has 116 valence electrons. The summed E-state index contributed by atoms with van der Waals surface area (Å²) in [6.45, 7) is 0.234. The second-order valence-corrected chi connectivity index (χ2v) is 4.39. The minimum atomic E-state index is -0.648. The zero-order valence-corrected chi connectivity index (χ0v) is 11.5. The SMILES string of the molecule is O=C(Cn1ccc(=O)[nH]c1=O)NCCOc1ccc(F)cc1. The fraction of sp³-hybridized carbons (Fsp3) is 0.214. The molecule has 1 aromatic carbocycles. The third kappa shape index (κ3) is 4.58. The van der Waals surface area contributed by atoms with Crippen LogP contribution in [-0.2, 0) is 11.3 Å². The number of carbonyl (C=O) groups is 1. The Hall–Kier alpha value is -2.90. The first-order valence-electron chi connectivity index (χ1n) is 6.49. The van der Waals surface area contributed by atoms with E-state index in [1.54, 1.807) is 0 Å². The lowest BCUT2D eigenvalue weighted by Gasteiger charge is -2.08. The number of halogens is 1. The summed E-state index contributed by atoms with van der Waals surface area (Å²) >= 11 is 0. The molecule has 0 aliphatic heterocycles. The van der Waals surface area contributed by atoms with Gasteiger partial charge in [-0.25, -0.2) is 9.18 Å². The number of nitrogens with one attached hydrogen (secondary N) is 2. The molecule has 1 amide bonds. The van der Waals surface area contributed by atoms with Crippen molar-refractivity contribution in [2.75, 3.05) is 13.2 Å². The van der Waals surface area contributed by atoms with Crippen molar-refractivity contribution in [3.05, 3.63) is 63.2 Å². The molecular formula is C14H14FN3O4. The number of aromatic nitrogens is 2. The van der Waals surface area contributed by atoms with Gasteiger partial charge in [-0.15, -0.1) is 0 Å². The first-order chi connectivity index (χ1) is 10.5. The fourth-order valence-electron chi connectivity index (χ4n) is 1.67. The minimum absolute atomic E-state index is 0.202. The molecule has 2 rings (SSSR count). The molecule has 0 aliphatic rings. The van der Waals surface area contributed by atoms with E-state index in [2.05, 4.69) is 10.3 Å². The number of hydrogen-bond donors (Lipinski definition) is 2. The van der Waals surface area contributed by atoms with Crippen LogP contribution in [0.25, 0.3) is 0 Å². The van der Waals surface area contributed by atoms with Crippen molar-refractivity contribution in [3.8, 4) is 5.75 Å². The van der Waals surface area contributed by atoms with Crippen LogP contribution in [0, 0.1) is 5.82 Å². The highest BCUT2D eigenvalue weighted by molar-refractivity contribution is 5.75. The van der Waals surface area contributed by atoms with Gasteiger partial charge in [-0.05, 0) is 24.3 Å². The van der Waals surface area contributed by atoms with Gasteiger partial charge in [0.05, 0.1) is 6.54 Å². The average molecular weight is 307 g/mol. The Labute approximate surface area is 124 Å². The highest BCUT2D eigenvalue weighted by Crippen LogP contribution is 2.10. The van der Waals surface area contributed by atoms with Crippen LogP contribution in [0.3, 0.4) is 0 Å². The molecule has 0 atom stereocenters. The largest absolute Gasteiger partial charge is 0.492 e. The van der Waals surface area contributed by atoms with E-state index in [1.807, 2.05) is 0 Å². The summed E-state index contributed by atoms with van der Waals surface area (Å²) in [4.78, 5) is 36.0. The quantitative estimate of drug-likeness (QED) is 0.727. The number of benzene rings is 1. The molecule has 7 nitrogen and oxygen atoms in total. The average Bonchev–Trinajstić information content (AvgIpc) is 2.48. The highest BCUT2D eigenvalue weighted by atomic mass is 19.1. The van der Waals surface area contributed by atoms with E-state index in [-0.39, 0.29) is 25.5 Å². The second-order valence-electron chi connectivity index (χ2n) is 4.39. The Morgan fingerprint density at radius 3 is 2.64 bits per heavy atom. The van der Waals surface area contributed by atoms with E-state index >= 15 is 0 Å². The van der Waals surface area contributed by atoms with Gasteiger partial charge in [0, 0.05) is 12.3 Å². The molecule has 0 unspecified atom stereocenters. The van der Waals surface area contributed by atoms with Crippen molar-refractivity contribution in [2.45, 2.75) is 6.54 Å². The lowest BCUT2D eigenvalue weighted by Crippen LogP contribution is -2.36. The van der Waals surface area contributed by atoms with E-state index in [0.717, 1.165) is 10.6 Å². The highest BCUT2D eigenvalue weighted by Gasteiger charge is 2.04. The van der Waals surface area contributed by atoms with Gasteiger partial charge in [-0.3, -0.25) is 19.1 Å². The normalized spacial score (nSPS) is 10.2. The van der Waals surface area contributed by atoms with Gasteiger partial charge < -0.3 is 10.1 Å². The summed E-state index contributed by atoms with van der Waals surface area (Å²) < 4.78 is 19.1. The molecule has 22 heavy (non-hydrogen) atoms. The van der Waals surface area contributed by atoms with Gasteiger partial charge in [0.15, 0.2) is 0 Å². The molecule has 1 aromatic heterocycles. The Morgan fingerprint density at radius 2 is 1.95 bits per heavy atom. The Morgan fingerprint density at radius 1 is 1.23 bits per heavy atom. The van der Waals surface area contributed by atoms with Crippen molar-refractivity contribution in [3.63, 3.8) is 0 Å². The Kier molecular flexibility index (Phi) is 5.07. The molecule has 0 aliphatic carbocycles. The molecular weight excluding hydrogens is 293 g/mol. The van der Waals surface area contributed by atoms with Crippen molar-refractivity contribution in [1.29, 1.82) is 0 Å². The summed E-state index contributed by atoms with van der Waals surface area (Å²) in [6, 6.07) is 6.67. The van der Waals surface area contributed by atoms with Gasteiger partial charge in [-0.2, -0.15) is 0 Å². The zero-order chi connectivity index (χ0) is 15.9. The number of aromatic amines is 1. The maximum Gasteiger partial charge on any atom is 0.328 e. The number of nitrogens with zero attached hydrogens (tertiary/aromatic N) is 1. The standard InChI is InChI=1S/C14H14FN3O4/c15-10-1-3-11(4-2-10)22-8-6-16-13(20)9-18-7-5-12(19)17-14(18)21/h1-5,7H,6,8-9H2,(H,16,20)(H,17,19,21). The zero-order valence-electron chi connectivity index (χ0n) is 11.5. The summed E-state index contributed by atoms with van der Waals surface area (Å²) in [5.41, 5.74) is -1.17. The van der Waals surface area contributed by atoms with Gasteiger partial charge in [0.25, 0.3) is 5.56 Å². The van der Waals surface area contributed by atoms with Crippen LogP contribution in [0.1, 0.15) is 0 Å². The van der Waals surface area contributed by atoms with Crippen LogP contribution < -0.4 is 21.3 Å². The van der Waals surface area contributed by atoms with Gasteiger partial charge in [0.2, 0.25) is 5.91 Å². The first-order valence-corrected chi connectivity index (χ1v) is 6.49. The molecule has 0 saturated heterocycles. The predicted octanol–water partition coefficient (Wildman–Crippen LogP) is -0.129. The smallest absolute Gasteiger partial charge is 0.328 e. The molecule has 0 bridgehead atoms. The molecule has 1 heterocycles. The van der Waals surface area contributed by atoms with E-state index in [4.69, 9.17) is 4.74 Å². The fourth-order valence-corrected chi connectivity index (χ4v) is 1.67. The topological polar surface area (TPSA) is 93.2 Å². The number of carbonyl (C=O) groups excluding carboxylic acids is 1. The molecule has 0 radical (unpaired) electrons. The van der Waals surface area contributed by atoms with Gasteiger partial charge >= 0.3 is 5.69 Å². The molecule has 0 saturated carbocycles. The van der Waals surface area contributed by atoms with Crippen LogP contribution in [0.2, 0.25) is 0 Å². The maximum absolute atomic E-state index is 12.7. The first kappa shape index (κ1) is 15.5. The van der Waals surface area contributed by atoms with Crippen molar-refractivity contribution >= 4 is 5.91 Å². The number of H-pyrrole nitrogens is 1. The van der Waals surface area contributed by atoms with Crippen LogP contribution in [0.5, 0.6) is 5.75 Å². The summed E-state index contributed by atoms with van der Waals surface area (Å²) in [5.74, 6) is -0.253. The Balaban J connectivity index is 1.75. The molecule has 8 heteroatoms. The van der Waals surface area contributed by atoms with E-state index in [0.29, 0.717) is 5.75 Å².